The summed E-state index contributed by atoms with van der Waals surface area (Å²) in [5.41, 5.74) is 5.81. The maximum absolute atomic E-state index is 12.4. The number of hydrogen-bond acceptors (Lipinski definition) is 4. The number of benzene rings is 1. The lowest BCUT2D eigenvalue weighted by molar-refractivity contribution is 0.414. The molecule has 0 spiro atoms. The SMILES string of the molecule is COc1ccc(S(=O)(=O)C2CCC(N)CC2)cc1.Cl. The predicted octanol–water partition coefficient (Wildman–Crippen LogP) is 2.16. The highest BCUT2D eigenvalue weighted by molar-refractivity contribution is 7.92. The monoisotopic (exact) mass is 305 g/mol. The summed E-state index contributed by atoms with van der Waals surface area (Å²) in [4.78, 5) is 0.378. The molecule has 1 saturated carbocycles. The van der Waals surface area contributed by atoms with Crippen molar-refractivity contribution in [1.82, 2.24) is 0 Å². The van der Waals surface area contributed by atoms with Crippen LogP contribution in [0.3, 0.4) is 0 Å². The Bertz CT molecular complexity index is 493. The summed E-state index contributed by atoms with van der Waals surface area (Å²) in [6.07, 6.45) is 2.91. The molecule has 1 aromatic rings. The summed E-state index contributed by atoms with van der Waals surface area (Å²) in [6, 6.07) is 6.75. The molecule has 0 unspecified atom stereocenters. The molecule has 0 bridgehead atoms. The molecule has 108 valence electrons. The Morgan fingerprint density at radius 1 is 1.11 bits per heavy atom. The van der Waals surface area contributed by atoms with Crippen molar-refractivity contribution in [3.8, 4) is 5.75 Å². The Balaban J connectivity index is 0.00000180. The molecule has 0 atom stereocenters. The van der Waals surface area contributed by atoms with Crippen molar-refractivity contribution in [3.05, 3.63) is 24.3 Å². The summed E-state index contributed by atoms with van der Waals surface area (Å²) in [5.74, 6) is 0.666. The van der Waals surface area contributed by atoms with Crippen LogP contribution in [0.4, 0.5) is 0 Å². The fourth-order valence-corrected chi connectivity index (χ4v) is 4.15. The molecule has 1 aliphatic carbocycles. The maximum Gasteiger partial charge on any atom is 0.181 e. The van der Waals surface area contributed by atoms with E-state index in [9.17, 15) is 8.42 Å². The van der Waals surface area contributed by atoms with Gasteiger partial charge in [0.25, 0.3) is 0 Å². The highest BCUT2D eigenvalue weighted by Crippen LogP contribution is 2.28. The number of methoxy groups -OCH3 is 1. The van der Waals surface area contributed by atoms with E-state index >= 15 is 0 Å². The van der Waals surface area contributed by atoms with Crippen molar-refractivity contribution in [1.29, 1.82) is 0 Å². The van der Waals surface area contributed by atoms with Gasteiger partial charge < -0.3 is 10.5 Å². The van der Waals surface area contributed by atoms with E-state index in [1.165, 1.54) is 0 Å². The third-order valence-electron chi connectivity index (χ3n) is 3.55. The minimum atomic E-state index is -3.22. The van der Waals surface area contributed by atoms with Crippen molar-refractivity contribution in [2.45, 2.75) is 41.9 Å². The van der Waals surface area contributed by atoms with Gasteiger partial charge in [0.2, 0.25) is 0 Å². The molecule has 1 aromatic carbocycles. The van der Waals surface area contributed by atoms with Crippen LogP contribution in [0, 0.1) is 0 Å². The number of halogens is 1. The molecule has 0 aromatic heterocycles. The second-order valence-corrected chi connectivity index (χ2v) is 6.99. The van der Waals surface area contributed by atoms with Crippen molar-refractivity contribution >= 4 is 22.2 Å². The number of ether oxygens (including phenoxy) is 1. The lowest BCUT2D eigenvalue weighted by atomic mass is 9.96. The third-order valence-corrected chi connectivity index (χ3v) is 5.82. The first-order chi connectivity index (χ1) is 8.54. The average molecular weight is 306 g/mol. The van der Waals surface area contributed by atoms with Gasteiger partial charge in [0, 0.05) is 6.04 Å². The Kier molecular flexibility index (Phi) is 5.64. The number of rotatable bonds is 3. The highest BCUT2D eigenvalue weighted by Gasteiger charge is 2.30. The highest BCUT2D eigenvalue weighted by atomic mass is 35.5. The third kappa shape index (κ3) is 3.61. The molecule has 0 saturated heterocycles. The topological polar surface area (TPSA) is 69.4 Å². The summed E-state index contributed by atoms with van der Waals surface area (Å²) < 4.78 is 29.9. The normalized spacial score (nSPS) is 23.5. The van der Waals surface area contributed by atoms with Crippen LogP contribution in [-0.2, 0) is 9.84 Å². The van der Waals surface area contributed by atoms with Crippen LogP contribution in [0.5, 0.6) is 5.75 Å². The number of hydrogen-bond donors (Lipinski definition) is 1. The van der Waals surface area contributed by atoms with E-state index in [0.29, 0.717) is 23.5 Å². The summed E-state index contributed by atoms with van der Waals surface area (Å²) >= 11 is 0. The Hall–Kier alpha value is -0.780. The zero-order valence-corrected chi connectivity index (χ0v) is 12.5. The molecule has 1 aliphatic rings. The molecule has 0 amide bonds. The van der Waals surface area contributed by atoms with Gasteiger partial charge in [0.15, 0.2) is 9.84 Å². The first-order valence-electron chi connectivity index (χ1n) is 6.17. The zero-order valence-electron chi connectivity index (χ0n) is 10.9. The fraction of sp³-hybridized carbons (Fsp3) is 0.538. The molecular formula is C13H20ClNO3S. The van der Waals surface area contributed by atoms with E-state index in [2.05, 4.69) is 0 Å². The van der Waals surface area contributed by atoms with Gasteiger partial charge in [-0.3, -0.25) is 0 Å². The number of sulfone groups is 1. The van der Waals surface area contributed by atoms with Gasteiger partial charge in [-0.15, -0.1) is 12.4 Å². The first-order valence-corrected chi connectivity index (χ1v) is 7.72. The van der Waals surface area contributed by atoms with Crippen LogP contribution in [0.1, 0.15) is 25.7 Å². The first kappa shape index (κ1) is 16.3. The minimum absolute atomic E-state index is 0. The average Bonchev–Trinajstić information content (AvgIpc) is 2.39. The lowest BCUT2D eigenvalue weighted by Gasteiger charge is -2.25. The van der Waals surface area contributed by atoms with E-state index < -0.39 is 9.84 Å². The van der Waals surface area contributed by atoms with E-state index in [4.69, 9.17) is 10.5 Å². The largest absolute Gasteiger partial charge is 0.497 e. The van der Waals surface area contributed by atoms with Crippen molar-refractivity contribution in [2.24, 2.45) is 5.73 Å². The molecular weight excluding hydrogens is 286 g/mol. The standard InChI is InChI=1S/C13H19NO3S.ClH/c1-17-11-4-8-13(9-5-11)18(15,16)12-6-2-10(14)3-7-12;/h4-5,8-10,12H,2-3,6-7,14H2,1H3;1H. The van der Waals surface area contributed by atoms with E-state index in [-0.39, 0.29) is 23.7 Å². The molecule has 6 heteroatoms. The van der Waals surface area contributed by atoms with E-state index in [0.717, 1.165) is 12.8 Å². The fourth-order valence-electron chi connectivity index (χ4n) is 2.36. The molecule has 0 aliphatic heterocycles. The van der Waals surface area contributed by atoms with Gasteiger partial charge in [-0.1, -0.05) is 0 Å². The van der Waals surface area contributed by atoms with E-state index in [1.807, 2.05) is 0 Å². The van der Waals surface area contributed by atoms with Gasteiger partial charge in [0.05, 0.1) is 17.3 Å². The van der Waals surface area contributed by atoms with Crippen LogP contribution < -0.4 is 10.5 Å². The van der Waals surface area contributed by atoms with Crippen LogP contribution >= 0.6 is 12.4 Å². The molecule has 2 rings (SSSR count). The second-order valence-electron chi connectivity index (χ2n) is 4.76. The van der Waals surface area contributed by atoms with Crippen molar-refractivity contribution in [3.63, 3.8) is 0 Å². The smallest absolute Gasteiger partial charge is 0.181 e. The van der Waals surface area contributed by atoms with E-state index in [1.54, 1.807) is 31.4 Å². The lowest BCUT2D eigenvalue weighted by Crippen LogP contribution is -2.33. The van der Waals surface area contributed by atoms with Gasteiger partial charge >= 0.3 is 0 Å². The van der Waals surface area contributed by atoms with Gasteiger partial charge in [-0.05, 0) is 49.9 Å². The summed E-state index contributed by atoms with van der Waals surface area (Å²) in [7, 11) is -1.66. The predicted molar refractivity (Wildman–Crippen MR) is 77.7 cm³/mol. The molecule has 19 heavy (non-hydrogen) atoms. The molecule has 4 nitrogen and oxygen atoms in total. The van der Waals surface area contributed by atoms with Gasteiger partial charge in [-0.25, -0.2) is 8.42 Å². The molecule has 0 heterocycles. The van der Waals surface area contributed by atoms with Crippen LogP contribution in [-0.4, -0.2) is 26.8 Å². The summed E-state index contributed by atoms with van der Waals surface area (Å²) in [6.45, 7) is 0. The molecule has 2 N–H and O–H groups in total. The summed E-state index contributed by atoms with van der Waals surface area (Å²) in [5, 5.41) is -0.286. The zero-order chi connectivity index (χ0) is 13.2. The van der Waals surface area contributed by atoms with Gasteiger partial charge in [-0.2, -0.15) is 0 Å². The van der Waals surface area contributed by atoms with Crippen LogP contribution in [0.25, 0.3) is 0 Å². The number of nitrogens with two attached hydrogens (primary N) is 1. The van der Waals surface area contributed by atoms with Crippen LogP contribution in [0.2, 0.25) is 0 Å². The molecule has 1 fully saturated rings. The Morgan fingerprint density at radius 3 is 2.11 bits per heavy atom. The van der Waals surface area contributed by atoms with Gasteiger partial charge in [0.1, 0.15) is 5.75 Å². The molecule has 0 radical (unpaired) electrons. The van der Waals surface area contributed by atoms with Crippen LogP contribution in [0.15, 0.2) is 29.2 Å². The van der Waals surface area contributed by atoms with Crippen molar-refractivity contribution < 1.29 is 13.2 Å². The minimum Gasteiger partial charge on any atom is -0.497 e. The second kappa shape index (κ2) is 6.59. The van der Waals surface area contributed by atoms with Crippen molar-refractivity contribution in [2.75, 3.05) is 7.11 Å². The Morgan fingerprint density at radius 2 is 1.63 bits per heavy atom. The quantitative estimate of drug-likeness (QED) is 0.929. The Labute approximate surface area is 120 Å². The maximum atomic E-state index is 12.4.